The molecule has 2 N–H and O–H groups in total. The van der Waals surface area contributed by atoms with Crippen molar-refractivity contribution < 1.29 is 13.9 Å². The Morgan fingerprint density at radius 1 is 1.29 bits per heavy atom. The van der Waals surface area contributed by atoms with Gasteiger partial charge in [-0.3, -0.25) is 4.79 Å². The van der Waals surface area contributed by atoms with Gasteiger partial charge in [0.1, 0.15) is 0 Å². The van der Waals surface area contributed by atoms with Crippen molar-refractivity contribution in [2.45, 2.75) is 39.2 Å². The largest absolute Gasteiger partial charge is 0.494 e. The number of halogens is 2. The number of methoxy groups -OCH3 is 1. The van der Waals surface area contributed by atoms with Crippen LogP contribution < -0.4 is 15.4 Å². The van der Waals surface area contributed by atoms with E-state index < -0.39 is 5.82 Å². The Bertz CT molecular complexity index is 676. The van der Waals surface area contributed by atoms with Crippen molar-refractivity contribution in [1.29, 1.82) is 0 Å². The molecule has 0 unspecified atom stereocenters. The highest BCUT2D eigenvalue weighted by atomic mass is 127. The molecule has 1 aromatic rings. The summed E-state index contributed by atoms with van der Waals surface area (Å²) in [6.45, 7) is 3.58. The quantitative estimate of drug-likeness (QED) is 0.339. The fraction of sp³-hybridized carbons (Fsp3) is 0.600. The van der Waals surface area contributed by atoms with E-state index in [-0.39, 0.29) is 41.0 Å². The van der Waals surface area contributed by atoms with Gasteiger partial charge in [-0.15, -0.1) is 24.0 Å². The van der Waals surface area contributed by atoms with Gasteiger partial charge in [0.05, 0.1) is 19.1 Å². The monoisotopic (exact) mass is 506 g/mol. The highest BCUT2D eigenvalue weighted by Gasteiger charge is 2.42. The number of guanidine groups is 1. The fourth-order valence-electron chi connectivity index (χ4n) is 3.57. The molecular formula is C20H32FIN4O2. The standard InChI is InChI=1S/C20H31FN4O2.HI/c1-5-22-19(23-13-15-8-9-17(27-4)16(21)12-15)24-14-20(10-6-7-11-20)18(26)25(2)3;/h8-9,12H,5-7,10-11,13-14H2,1-4H3,(H2,22,23,24);1H. The third kappa shape index (κ3) is 6.22. The summed E-state index contributed by atoms with van der Waals surface area (Å²) in [6, 6.07) is 4.83. The molecule has 8 heteroatoms. The highest BCUT2D eigenvalue weighted by molar-refractivity contribution is 14.0. The van der Waals surface area contributed by atoms with Gasteiger partial charge in [-0.1, -0.05) is 18.9 Å². The maximum Gasteiger partial charge on any atom is 0.230 e. The number of nitrogens with one attached hydrogen (secondary N) is 2. The van der Waals surface area contributed by atoms with Gasteiger partial charge in [-0.05, 0) is 37.5 Å². The summed E-state index contributed by atoms with van der Waals surface area (Å²) in [4.78, 5) is 18.9. The number of rotatable bonds is 7. The van der Waals surface area contributed by atoms with Crippen LogP contribution in [-0.2, 0) is 11.3 Å². The van der Waals surface area contributed by atoms with Gasteiger partial charge in [-0.2, -0.15) is 0 Å². The van der Waals surface area contributed by atoms with Gasteiger partial charge in [0.25, 0.3) is 0 Å². The first-order valence-electron chi connectivity index (χ1n) is 9.48. The first-order valence-corrected chi connectivity index (χ1v) is 9.48. The van der Waals surface area contributed by atoms with Crippen LogP contribution in [0.15, 0.2) is 23.2 Å². The molecule has 1 amide bonds. The van der Waals surface area contributed by atoms with Gasteiger partial charge < -0.3 is 20.3 Å². The molecule has 6 nitrogen and oxygen atoms in total. The van der Waals surface area contributed by atoms with Crippen LogP contribution in [0, 0.1) is 11.2 Å². The normalized spacial score (nSPS) is 15.5. The molecule has 1 aromatic carbocycles. The second-order valence-corrected chi connectivity index (χ2v) is 7.20. The van der Waals surface area contributed by atoms with E-state index in [4.69, 9.17) is 4.74 Å². The molecule has 1 fully saturated rings. The minimum Gasteiger partial charge on any atom is -0.494 e. The van der Waals surface area contributed by atoms with E-state index in [1.54, 1.807) is 31.1 Å². The minimum absolute atomic E-state index is 0. The van der Waals surface area contributed by atoms with Crippen LogP contribution in [0.5, 0.6) is 5.75 Å². The molecule has 0 atom stereocenters. The topological polar surface area (TPSA) is 66.0 Å². The van der Waals surface area contributed by atoms with E-state index in [9.17, 15) is 9.18 Å². The Hall–Kier alpha value is -1.58. The molecule has 0 aromatic heterocycles. The van der Waals surface area contributed by atoms with Crippen LogP contribution in [0.2, 0.25) is 0 Å². The number of ether oxygens (including phenoxy) is 1. The van der Waals surface area contributed by atoms with Crippen LogP contribution in [0.25, 0.3) is 0 Å². The van der Waals surface area contributed by atoms with E-state index >= 15 is 0 Å². The summed E-state index contributed by atoms with van der Waals surface area (Å²) in [5.74, 6) is 0.620. The molecule has 1 aliphatic carbocycles. The first-order chi connectivity index (χ1) is 12.9. The molecule has 0 saturated heterocycles. The van der Waals surface area contributed by atoms with Gasteiger partial charge in [0.2, 0.25) is 5.91 Å². The number of carbonyl (C=O) groups excluding carboxylic acids is 1. The van der Waals surface area contributed by atoms with Crippen LogP contribution >= 0.6 is 24.0 Å². The van der Waals surface area contributed by atoms with E-state index in [0.29, 0.717) is 25.6 Å². The molecule has 0 bridgehead atoms. The number of benzene rings is 1. The van der Waals surface area contributed by atoms with Crippen molar-refractivity contribution in [3.05, 3.63) is 29.6 Å². The number of hydrogen-bond acceptors (Lipinski definition) is 3. The van der Waals surface area contributed by atoms with E-state index in [0.717, 1.165) is 31.2 Å². The number of hydrogen-bond donors (Lipinski definition) is 2. The third-order valence-corrected chi connectivity index (χ3v) is 4.99. The molecule has 0 heterocycles. The summed E-state index contributed by atoms with van der Waals surface area (Å²) in [5.41, 5.74) is 0.386. The average Bonchev–Trinajstić information content (AvgIpc) is 3.13. The summed E-state index contributed by atoms with van der Waals surface area (Å²) in [6.07, 6.45) is 3.92. The second kappa shape index (κ2) is 11.4. The molecule has 28 heavy (non-hydrogen) atoms. The van der Waals surface area contributed by atoms with Gasteiger partial charge in [-0.25, -0.2) is 9.38 Å². The zero-order valence-electron chi connectivity index (χ0n) is 17.2. The van der Waals surface area contributed by atoms with E-state index in [1.165, 1.54) is 13.2 Å². The number of aliphatic imine (C=N–C) groups is 1. The maximum atomic E-state index is 13.8. The Balaban J connectivity index is 0.00000392. The van der Waals surface area contributed by atoms with Crippen molar-refractivity contribution in [2.75, 3.05) is 34.3 Å². The lowest BCUT2D eigenvalue weighted by atomic mass is 9.84. The zero-order chi connectivity index (χ0) is 19.9. The van der Waals surface area contributed by atoms with Gasteiger partial charge in [0, 0.05) is 27.2 Å². The Morgan fingerprint density at radius 3 is 2.50 bits per heavy atom. The summed E-state index contributed by atoms with van der Waals surface area (Å²) in [5, 5.41) is 6.51. The number of amides is 1. The molecule has 1 saturated carbocycles. The van der Waals surface area contributed by atoms with E-state index in [2.05, 4.69) is 15.6 Å². The minimum atomic E-state index is -0.398. The van der Waals surface area contributed by atoms with Crippen molar-refractivity contribution in [3.63, 3.8) is 0 Å². The van der Waals surface area contributed by atoms with Crippen LogP contribution in [0.3, 0.4) is 0 Å². The molecular weight excluding hydrogens is 474 g/mol. The van der Waals surface area contributed by atoms with E-state index in [1.807, 2.05) is 6.92 Å². The summed E-state index contributed by atoms with van der Waals surface area (Å²) in [7, 11) is 5.05. The molecule has 0 spiro atoms. The SMILES string of the molecule is CCNC(=NCc1ccc(OC)c(F)c1)NCC1(C(=O)N(C)C)CCCC1.I. The van der Waals surface area contributed by atoms with Crippen molar-refractivity contribution in [1.82, 2.24) is 15.5 Å². The first kappa shape index (κ1) is 24.5. The predicted octanol–water partition coefficient (Wildman–Crippen LogP) is 3.16. The Morgan fingerprint density at radius 2 is 1.96 bits per heavy atom. The Labute approximate surface area is 184 Å². The lowest BCUT2D eigenvalue weighted by Crippen LogP contribution is -2.49. The van der Waals surface area contributed by atoms with Crippen molar-refractivity contribution in [2.24, 2.45) is 10.4 Å². The fourth-order valence-corrected chi connectivity index (χ4v) is 3.57. The average molecular weight is 506 g/mol. The lowest BCUT2D eigenvalue weighted by Gasteiger charge is -2.31. The van der Waals surface area contributed by atoms with Gasteiger partial charge >= 0.3 is 0 Å². The van der Waals surface area contributed by atoms with Crippen LogP contribution in [-0.4, -0.2) is 51.1 Å². The zero-order valence-corrected chi connectivity index (χ0v) is 19.5. The van der Waals surface area contributed by atoms with Gasteiger partial charge in [0.15, 0.2) is 17.5 Å². The lowest BCUT2D eigenvalue weighted by molar-refractivity contribution is -0.138. The summed E-state index contributed by atoms with van der Waals surface area (Å²) >= 11 is 0. The Kier molecular flexibility index (Phi) is 9.98. The van der Waals surface area contributed by atoms with Crippen molar-refractivity contribution in [3.8, 4) is 5.75 Å². The smallest absolute Gasteiger partial charge is 0.230 e. The van der Waals surface area contributed by atoms with Crippen LogP contribution in [0.4, 0.5) is 4.39 Å². The maximum absolute atomic E-state index is 13.8. The molecule has 1 aliphatic rings. The number of nitrogens with zero attached hydrogens (tertiary/aromatic N) is 2. The molecule has 158 valence electrons. The predicted molar refractivity (Wildman–Crippen MR) is 121 cm³/mol. The summed E-state index contributed by atoms with van der Waals surface area (Å²) < 4.78 is 18.8. The number of carbonyl (C=O) groups is 1. The van der Waals surface area contributed by atoms with Crippen molar-refractivity contribution >= 4 is 35.8 Å². The molecule has 0 aliphatic heterocycles. The highest BCUT2D eigenvalue weighted by Crippen LogP contribution is 2.38. The molecule has 2 rings (SSSR count). The van der Waals surface area contributed by atoms with Crippen LogP contribution in [0.1, 0.15) is 38.2 Å². The molecule has 0 radical (unpaired) electrons. The second-order valence-electron chi connectivity index (χ2n) is 7.20. The third-order valence-electron chi connectivity index (χ3n) is 4.99.